The molecular weight excluding hydrogens is 1950 g/mol. The molecule has 678 valence electrons. The number of aromatic amines is 2. The molecule has 2 aromatic heterocycles. The molecule has 2 N–H and O–H groups in total. The first kappa shape index (κ1) is 121. The van der Waals surface area contributed by atoms with E-state index in [1.54, 1.807) is 11.8 Å². The summed E-state index contributed by atoms with van der Waals surface area (Å²) in [6, 6.07) is 16.3. The lowest BCUT2D eigenvalue weighted by molar-refractivity contribution is -0.171. The first-order chi connectivity index (χ1) is 56.9. The Hall–Kier alpha value is -2.15. The summed E-state index contributed by atoms with van der Waals surface area (Å²) < 4.78 is 55.0. The van der Waals surface area contributed by atoms with E-state index in [0.717, 1.165) is 58.0 Å². The van der Waals surface area contributed by atoms with Crippen LogP contribution in [0.1, 0.15) is 77.6 Å². The maximum atomic E-state index is 12.7. The molecule has 2 aromatic carbocycles. The van der Waals surface area contributed by atoms with E-state index < -0.39 is 87.6 Å². The molecule has 2 heterocycles. The van der Waals surface area contributed by atoms with Crippen molar-refractivity contribution in [2.75, 3.05) is 158 Å². The fourth-order valence-electron chi connectivity index (χ4n) is 7.59. The predicted molar refractivity (Wildman–Crippen MR) is 528 cm³/mol. The molecule has 0 amide bonds. The molecule has 28 nitrogen and oxygen atoms in total. The van der Waals surface area contributed by atoms with Gasteiger partial charge in [0.1, 0.15) is 71.5 Å². The standard InChI is InChI=1S/C18H27N3O9S3.C17H28O8S4.C15H26O6S3.C12H10S3.C4H10S3.C2H2N2S3.C2H6S2/c22-13(1-10-31)28-7-4-19-16(25)20(5-8-29-14(23)2-11-32)18(27)21(17(19)26)6-9-30-15(24)3-12-33;18-13(1-5-26)22-9-17(10-23-14(19)2-6-27,11-24-15(20)3-7-28)12-25-16(21)4-8-29;1-2-15(9-19-12(16)3-6-22,10-20-13(17)4-7-23)11-21-14(18)5-8-24;13-9-1-5-11(6-2-9)15-12-7-3-10(14)4-8-12;5-1-3-7-4-2-6;5-1-3-4-2(6)7-1;3-1-2-4/h31-33H,1-12H2;26-29H,1-12H2;22-24H,2-11H2,1H3;1-8,13-14H;5-6H,1-4H2;(H,3,5)(H,4,6);3-4H,1-2H2. The minimum Gasteiger partial charge on any atom is -0.465 e. The number of hydrogen-bond acceptors (Lipinski definition) is 44. The second kappa shape index (κ2) is 79.3. The molecule has 4 aromatic rings. The highest BCUT2D eigenvalue weighted by atomic mass is 32.2. The minimum absolute atomic E-state index is 0.00157. The van der Waals surface area contributed by atoms with Gasteiger partial charge in [-0.05, 0) is 102 Å². The van der Waals surface area contributed by atoms with Gasteiger partial charge in [0.05, 0.1) is 89.3 Å². The van der Waals surface area contributed by atoms with Crippen LogP contribution in [0.4, 0.5) is 0 Å². The second-order valence-corrected chi connectivity index (χ2v) is 35.2. The van der Waals surface area contributed by atoms with Crippen molar-refractivity contribution in [3.63, 3.8) is 0 Å². The summed E-state index contributed by atoms with van der Waals surface area (Å²) in [6.07, 6.45) is 1.48. The zero-order valence-electron chi connectivity index (χ0n) is 65.3. The van der Waals surface area contributed by atoms with Crippen molar-refractivity contribution in [2.45, 2.75) is 117 Å². The van der Waals surface area contributed by atoms with Crippen molar-refractivity contribution < 1.29 is 95.3 Å². The van der Waals surface area contributed by atoms with Gasteiger partial charge >= 0.3 is 76.8 Å². The van der Waals surface area contributed by atoms with E-state index in [4.69, 9.17) is 71.8 Å². The van der Waals surface area contributed by atoms with Crippen LogP contribution in [0.5, 0.6) is 0 Å². The molecule has 0 aliphatic carbocycles. The van der Waals surface area contributed by atoms with E-state index >= 15 is 0 Å². The topological polar surface area (TPSA) is 361 Å². The Labute approximate surface area is 805 Å². The number of carbonyl (C=O) groups excluding carboxylic acids is 10. The van der Waals surface area contributed by atoms with E-state index in [-0.39, 0.29) is 190 Å². The summed E-state index contributed by atoms with van der Waals surface area (Å²) >= 11 is 78.2. The van der Waals surface area contributed by atoms with Crippen molar-refractivity contribution in [1.82, 2.24) is 23.9 Å². The van der Waals surface area contributed by atoms with Crippen LogP contribution in [-0.2, 0) is 115 Å². The number of nitrogens with one attached hydrogen (secondary N) is 2. The number of thioether (sulfide) groups is 1. The van der Waals surface area contributed by atoms with Crippen LogP contribution in [0, 0.1) is 18.7 Å². The molecule has 0 spiro atoms. The van der Waals surface area contributed by atoms with Gasteiger partial charge < -0.3 is 47.4 Å². The van der Waals surface area contributed by atoms with Gasteiger partial charge in [-0.25, -0.2) is 28.1 Å². The number of ether oxygens (including phenoxy) is 10. The van der Waals surface area contributed by atoms with E-state index in [1.165, 1.54) is 21.1 Å². The Morgan fingerprint density at radius 3 is 0.723 bits per heavy atom. The van der Waals surface area contributed by atoms with Gasteiger partial charge in [-0.3, -0.25) is 58.1 Å². The van der Waals surface area contributed by atoms with Gasteiger partial charge in [0.25, 0.3) is 0 Å². The van der Waals surface area contributed by atoms with E-state index in [2.05, 4.69) is 237 Å². The van der Waals surface area contributed by atoms with Gasteiger partial charge in [0.15, 0.2) is 7.91 Å². The van der Waals surface area contributed by atoms with Crippen LogP contribution in [-0.4, -0.2) is 242 Å². The molecule has 0 aliphatic rings. The summed E-state index contributed by atoms with van der Waals surface area (Å²) in [5, 5.41) is 5.34. The average Bonchev–Trinajstić information content (AvgIpc) is 1.22. The third-order valence-corrected chi connectivity index (χ3v) is 21.7. The van der Waals surface area contributed by atoms with Crippen molar-refractivity contribution in [1.29, 1.82) is 0 Å². The molecule has 0 saturated carbocycles. The lowest BCUT2D eigenvalue weighted by Gasteiger charge is -2.31. The fourth-order valence-corrected chi connectivity index (χ4v) is 12.9. The van der Waals surface area contributed by atoms with Crippen LogP contribution in [0.25, 0.3) is 0 Å². The maximum Gasteiger partial charge on any atom is 0.336 e. The number of esters is 10. The minimum atomic E-state index is -1.25. The van der Waals surface area contributed by atoms with Crippen LogP contribution in [0.15, 0.2) is 82.5 Å². The average molecular weight is 2060 g/mol. The molecule has 4 rings (SSSR count). The van der Waals surface area contributed by atoms with Gasteiger partial charge in [0, 0.05) is 88.6 Å². The summed E-state index contributed by atoms with van der Waals surface area (Å²) in [7, 11) is 0. The number of benzene rings is 2. The molecule has 0 bridgehead atoms. The highest BCUT2D eigenvalue weighted by molar-refractivity contribution is 8.00. The smallest absolute Gasteiger partial charge is 0.336 e. The number of aromatic nitrogens is 5. The number of hydrogen-bond donors (Lipinski definition) is 18. The van der Waals surface area contributed by atoms with Crippen molar-refractivity contribution >= 4 is 321 Å². The van der Waals surface area contributed by atoms with Crippen molar-refractivity contribution in [3.8, 4) is 0 Å². The highest BCUT2D eigenvalue weighted by Gasteiger charge is 2.38. The number of rotatable bonds is 51. The number of nitrogens with zero attached hydrogens (tertiary/aromatic N) is 3. The van der Waals surface area contributed by atoms with Gasteiger partial charge in [-0.15, -0.1) is 25.3 Å². The Bertz CT molecular complexity index is 3420. The van der Waals surface area contributed by atoms with Crippen LogP contribution >= 0.6 is 261 Å². The number of thiol groups is 16. The molecular formula is C70H109N5O23S21. The molecule has 0 fully saturated rings. The first-order valence-corrected chi connectivity index (χ1v) is 49.4. The molecule has 0 radical (unpaired) electrons. The number of H-pyrrole nitrogens is 2. The molecule has 0 atom stereocenters. The van der Waals surface area contributed by atoms with Crippen LogP contribution < -0.4 is 17.1 Å². The Kier molecular flexibility index (Phi) is 80.6. The van der Waals surface area contributed by atoms with Gasteiger partial charge in [0.2, 0.25) is 0 Å². The van der Waals surface area contributed by atoms with E-state index in [9.17, 15) is 62.3 Å². The molecule has 0 unspecified atom stereocenters. The van der Waals surface area contributed by atoms with Crippen LogP contribution in [0.2, 0.25) is 0 Å². The summed E-state index contributed by atoms with van der Waals surface area (Å²) in [6.45, 7) is -1.06. The monoisotopic (exact) mass is 2060 g/mol. The Balaban J connectivity index is -0.00000143. The third-order valence-electron chi connectivity index (χ3n) is 13.7. The molecule has 49 heteroatoms. The third kappa shape index (κ3) is 64.3. The normalized spacial score (nSPS) is 10.5. The largest absolute Gasteiger partial charge is 0.465 e. The Morgan fingerprint density at radius 1 is 0.336 bits per heavy atom. The molecule has 0 aliphatic heterocycles. The number of carbonyl (C=O) groups is 10. The Morgan fingerprint density at radius 2 is 0.546 bits per heavy atom. The SMILES string of the molecule is CCC(COC(=O)CCS)(COC(=O)CCS)COC(=O)CCS.O=C(CCS)OCC(COC(=O)CCS)(COC(=O)CCS)COC(=O)CCS.O=C(CCS)OCCn1c(=O)n(CCOC(=O)CCS)c(=O)n(CCOC(=O)CCS)c1=O.S=c1[nH][nH]c(=S)s1.SCCS.SCCSCCS.Sc1ccc(Sc2ccc(S)cc2)cc1. The quantitative estimate of drug-likeness (QED) is 0.00642. The zero-order chi connectivity index (χ0) is 90.2. The molecule has 0 saturated heterocycles. The molecule has 119 heavy (non-hydrogen) atoms. The second-order valence-electron chi connectivity index (χ2n) is 23.2. The van der Waals surface area contributed by atoms with Crippen LogP contribution in [0.3, 0.4) is 0 Å². The maximum absolute atomic E-state index is 12.7. The van der Waals surface area contributed by atoms with Crippen molar-refractivity contribution in [3.05, 3.63) is 87.9 Å². The summed E-state index contributed by atoms with van der Waals surface area (Å²) in [5.74, 6) is 4.16. The summed E-state index contributed by atoms with van der Waals surface area (Å²) in [4.78, 5) is 159. The fraction of sp³-hybridized carbons (Fsp3) is 0.614. The van der Waals surface area contributed by atoms with Gasteiger partial charge in [-0.1, -0.05) is 30.0 Å². The predicted octanol–water partition coefficient (Wildman–Crippen LogP) is 10.9. The van der Waals surface area contributed by atoms with Gasteiger partial charge in [-0.2, -0.15) is 189 Å². The zero-order valence-corrected chi connectivity index (χ0v) is 83.7. The van der Waals surface area contributed by atoms with E-state index in [1.807, 2.05) is 43.0 Å². The first-order valence-electron chi connectivity index (χ1n) is 36.0. The van der Waals surface area contributed by atoms with Crippen molar-refractivity contribution in [2.24, 2.45) is 10.8 Å². The van der Waals surface area contributed by atoms with E-state index in [0.29, 0.717) is 31.6 Å². The lowest BCUT2D eigenvalue weighted by atomic mass is 9.88. The summed E-state index contributed by atoms with van der Waals surface area (Å²) in [5.41, 5.74) is -4.89. The lowest BCUT2D eigenvalue weighted by Crippen LogP contribution is -2.55. The highest BCUT2D eigenvalue weighted by Crippen LogP contribution is 2.30.